The molecular formula is C8H14N4O2. The number of aliphatic hydroxyl groups is 1. The summed E-state index contributed by atoms with van der Waals surface area (Å²) in [6, 6.07) is 0. The Hall–Kier alpha value is -1.43. The van der Waals surface area contributed by atoms with E-state index in [1.54, 1.807) is 4.90 Å². The number of rotatable bonds is 5. The van der Waals surface area contributed by atoms with Crippen LogP contribution in [0.2, 0.25) is 0 Å². The van der Waals surface area contributed by atoms with Crippen LogP contribution in [0.1, 0.15) is 24.0 Å². The first kappa shape index (κ1) is 10.6. The molecule has 6 nitrogen and oxygen atoms in total. The molecule has 0 saturated carbocycles. The van der Waals surface area contributed by atoms with Gasteiger partial charge in [0.2, 0.25) is 5.82 Å². The second-order valence-electron chi connectivity index (χ2n) is 2.85. The quantitative estimate of drug-likeness (QED) is 0.677. The third kappa shape index (κ3) is 2.53. The van der Waals surface area contributed by atoms with Crippen LogP contribution in [-0.2, 0) is 0 Å². The average molecular weight is 198 g/mol. The fourth-order valence-corrected chi connectivity index (χ4v) is 1.16. The SMILES string of the molecule is CCCN(CCO)C(=O)c1ncn[nH]1. The molecule has 0 bridgehead atoms. The van der Waals surface area contributed by atoms with Gasteiger partial charge in [-0.15, -0.1) is 0 Å². The van der Waals surface area contributed by atoms with E-state index < -0.39 is 0 Å². The summed E-state index contributed by atoms with van der Waals surface area (Å²) >= 11 is 0. The lowest BCUT2D eigenvalue weighted by Crippen LogP contribution is -2.34. The van der Waals surface area contributed by atoms with Gasteiger partial charge >= 0.3 is 0 Å². The molecule has 0 radical (unpaired) electrons. The van der Waals surface area contributed by atoms with Crippen molar-refractivity contribution < 1.29 is 9.90 Å². The van der Waals surface area contributed by atoms with E-state index in [0.717, 1.165) is 6.42 Å². The van der Waals surface area contributed by atoms with Gasteiger partial charge in [0.25, 0.3) is 5.91 Å². The summed E-state index contributed by atoms with van der Waals surface area (Å²) in [6.45, 7) is 2.87. The number of amides is 1. The van der Waals surface area contributed by atoms with Crippen LogP contribution in [0, 0.1) is 0 Å². The number of aliphatic hydroxyl groups excluding tert-OH is 1. The molecule has 1 aromatic rings. The van der Waals surface area contributed by atoms with Crippen molar-refractivity contribution in [1.29, 1.82) is 0 Å². The highest BCUT2D eigenvalue weighted by Crippen LogP contribution is 1.98. The van der Waals surface area contributed by atoms with Crippen LogP contribution in [0.4, 0.5) is 0 Å². The first-order valence-corrected chi connectivity index (χ1v) is 4.55. The van der Waals surface area contributed by atoms with Crippen LogP contribution in [-0.4, -0.2) is 50.8 Å². The van der Waals surface area contributed by atoms with E-state index in [2.05, 4.69) is 15.2 Å². The molecule has 0 aromatic carbocycles. The predicted octanol–water partition coefficient (Wildman–Crippen LogP) is -0.351. The van der Waals surface area contributed by atoms with Gasteiger partial charge in [-0.25, -0.2) is 4.98 Å². The van der Waals surface area contributed by atoms with Crippen LogP contribution in [0.5, 0.6) is 0 Å². The van der Waals surface area contributed by atoms with Gasteiger partial charge in [0.15, 0.2) is 0 Å². The molecule has 2 N–H and O–H groups in total. The topological polar surface area (TPSA) is 82.1 Å². The molecule has 1 aromatic heterocycles. The minimum Gasteiger partial charge on any atom is -0.395 e. The molecule has 0 aliphatic rings. The number of nitrogens with zero attached hydrogens (tertiary/aromatic N) is 3. The van der Waals surface area contributed by atoms with Crippen LogP contribution in [0.25, 0.3) is 0 Å². The van der Waals surface area contributed by atoms with E-state index in [4.69, 9.17) is 5.11 Å². The van der Waals surface area contributed by atoms with Crippen LogP contribution < -0.4 is 0 Å². The Kier molecular flexibility index (Phi) is 4.06. The summed E-state index contributed by atoms with van der Waals surface area (Å²) in [7, 11) is 0. The smallest absolute Gasteiger partial charge is 0.291 e. The highest BCUT2D eigenvalue weighted by atomic mass is 16.3. The van der Waals surface area contributed by atoms with Crippen molar-refractivity contribution >= 4 is 5.91 Å². The molecule has 6 heteroatoms. The van der Waals surface area contributed by atoms with Gasteiger partial charge in [-0.05, 0) is 6.42 Å². The molecule has 1 heterocycles. The van der Waals surface area contributed by atoms with Gasteiger partial charge in [0, 0.05) is 13.1 Å². The summed E-state index contributed by atoms with van der Waals surface area (Å²) in [5, 5.41) is 14.9. The van der Waals surface area contributed by atoms with E-state index in [0.29, 0.717) is 13.1 Å². The van der Waals surface area contributed by atoms with E-state index in [1.807, 2.05) is 6.92 Å². The number of nitrogens with one attached hydrogen (secondary N) is 1. The molecule has 0 aliphatic carbocycles. The molecule has 0 atom stereocenters. The molecule has 1 amide bonds. The molecule has 0 unspecified atom stereocenters. The van der Waals surface area contributed by atoms with Crippen molar-refractivity contribution in [3.8, 4) is 0 Å². The molecule has 0 saturated heterocycles. The lowest BCUT2D eigenvalue weighted by Gasteiger charge is -2.19. The zero-order chi connectivity index (χ0) is 10.4. The van der Waals surface area contributed by atoms with Crippen molar-refractivity contribution in [3.05, 3.63) is 12.2 Å². The third-order valence-corrected chi connectivity index (χ3v) is 1.77. The number of hydrogen-bond acceptors (Lipinski definition) is 4. The Bertz CT molecular complexity index is 267. The maximum atomic E-state index is 11.7. The fraction of sp³-hybridized carbons (Fsp3) is 0.625. The Labute approximate surface area is 82.0 Å². The van der Waals surface area contributed by atoms with E-state index in [1.165, 1.54) is 6.33 Å². The van der Waals surface area contributed by atoms with Crippen molar-refractivity contribution in [2.24, 2.45) is 0 Å². The number of aromatic amines is 1. The van der Waals surface area contributed by atoms with Crippen molar-refractivity contribution in [1.82, 2.24) is 20.1 Å². The number of H-pyrrole nitrogens is 1. The van der Waals surface area contributed by atoms with Crippen molar-refractivity contribution in [3.63, 3.8) is 0 Å². The van der Waals surface area contributed by atoms with E-state index in [9.17, 15) is 4.79 Å². The van der Waals surface area contributed by atoms with Gasteiger partial charge in [0.1, 0.15) is 6.33 Å². The summed E-state index contributed by atoms with van der Waals surface area (Å²) in [4.78, 5) is 17.0. The van der Waals surface area contributed by atoms with Gasteiger partial charge < -0.3 is 10.0 Å². The fourth-order valence-electron chi connectivity index (χ4n) is 1.16. The molecule has 78 valence electrons. The van der Waals surface area contributed by atoms with Crippen LogP contribution in [0.15, 0.2) is 6.33 Å². The van der Waals surface area contributed by atoms with Gasteiger partial charge in [0.05, 0.1) is 6.61 Å². The lowest BCUT2D eigenvalue weighted by molar-refractivity contribution is 0.0710. The van der Waals surface area contributed by atoms with Crippen molar-refractivity contribution in [2.75, 3.05) is 19.7 Å². The number of carbonyl (C=O) groups excluding carboxylic acids is 1. The molecule has 0 fully saturated rings. The zero-order valence-corrected chi connectivity index (χ0v) is 8.10. The lowest BCUT2D eigenvalue weighted by atomic mass is 10.3. The number of aromatic nitrogens is 3. The highest BCUT2D eigenvalue weighted by Gasteiger charge is 2.16. The minimum atomic E-state index is -0.224. The molecule has 1 rings (SSSR count). The maximum Gasteiger partial charge on any atom is 0.291 e. The Balaban J connectivity index is 2.63. The average Bonchev–Trinajstić information content (AvgIpc) is 2.69. The highest BCUT2D eigenvalue weighted by molar-refractivity contribution is 5.90. The van der Waals surface area contributed by atoms with Gasteiger partial charge in [-0.1, -0.05) is 6.92 Å². The largest absolute Gasteiger partial charge is 0.395 e. The normalized spacial score (nSPS) is 10.1. The molecule has 0 spiro atoms. The standard InChI is InChI=1S/C8H14N4O2/c1-2-3-12(4-5-13)8(14)7-9-6-10-11-7/h6,13H,2-5H2,1H3,(H,9,10,11). The van der Waals surface area contributed by atoms with Gasteiger partial charge in [-0.3, -0.25) is 9.89 Å². The first-order valence-electron chi connectivity index (χ1n) is 4.55. The summed E-state index contributed by atoms with van der Waals surface area (Å²) in [5.41, 5.74) is 0. The first-order chi connectivity index (χ1) is 6.79. The zero-order valence-electron chi connectivity index (χ0n) is 8.10. The molecular weight excluding hydrogens is 184 g/mol. The second-order valence-corrected chi connectivity index (χ2v) is 2.85. The Morgan fingerprint density at radius 2 is 2.43 bits per heavy atom. The Morgan fingerprint density at radius 1 is 1.64 bits per heavy atom. The minimum absolute atomic E-state index is 0.0418. The molecule has 0 aliphatic heterocycles. The predicted molar refractivity (Wildman–Crippen MR) is 49.7 cm³/mol. The maximum absolute atomic E-state index is 11.7. The summed E-state index contributed by atoms with van der Waals surface area (Å²) in [6.07, 6.45) is 2.14. The monoisotopic (exact) mass is 198 g/mol. The van der Waals surface area contributed by atoms with E-state index in [-0.39, 0.29) is 18.3 Å². The number of carbonyl (C=O) groups is 1. The Morgan fingerprint density at radius 3 is 2.93 bits per heavy atom. The second kappa shape index (κ2) is 5.33. The van der Waals surface area contributed by atoms with Crippen LogP contribution in [0.3, 0.4) is 0 Å². The summed E-state index contributed by atoms with van der Waals surface area (Å²) < 4.78 is 0. The van der Waals surface area contributed by atoms with E-state index >= 15 is 0 Å². The van der Waals surface area contributed by atoms with Crippen molar-refractivity contribution in [2.45, 2.75) is 13.3 Å². The van der Waals surface area contributed by atoms with Gasteiger partial charge in [-0.2, -0.15) is 5.10 Å². The third-order valence-electron chi connectivity index (χ3n) is 1.77. The summed E-state index contributed by atoms with van der Waals surface area (Å²) in [5.74, 6) is -0.00898. The van der Waals surface area contributed by atoms with Crippen LogP contribution >= 0.6 is 0 Å². The number of hydrogen-bond donors (Lipinski definition) is 2. The molecule has 14 heavy (non-hydrogen) atoms.